The number of esters is 1. The average molecular weight is 611 g/mol. The van der Waals surface area contributed by atoms with Crippen molar-refractivity contribution < 1.29 is 29.0 Å². The van der Waals surface area contributed by atoms with Crippen molar-refractivity contribution in [3.63, 3.8) is 0 Å². The van der Waals surface area contributed by atoms with Crippen molar-refractivity contribution in [1.82, 2.24) is 5.32 Å². The summed E-state index contributed by atoms with van der Waals surface area (Å²) in [5, 5.41) is 11.8. The highest BCUT2D eigenvalue weighted by Crippen LogP contribution is 2.25. The van der Waals surface area contributed by atoms with E-state index in [2.05, 4.69) is 41.4 Å². The number of allylic oxidation sites excluding steroid dienone is 3. The lowest BCUT2D eigenvalue weighted by atomic mass is 10.1. The molecule has 1 saturated carbocycles. The Bertz CT molecular complexity index is 1140. The molecule has 9 nitrogen and oxygen atoms in total. The lowest BCUT2D eigenvalue weighted by molar-refractivity contribution is -0.763. The zero-order chi connectivity index (χ0) is 32.4. The molecule has 0 aliphatic heterocycles. The Labute approximate surface area is 262 Å². The number of benzene rings is 2. The van der Waals surface area contributed by atoms with Gasteiger partial charge in [-0.05, 0) is 80.7 Å². The molecule has 0 spiro atoms. The molecule has 0 bridgehead atoms. The Hall–Kier alpha value is -4.14. The number of hydrogen-bond donors (Lipinski definition) is 1. The van der Waals surface area contributed by atoms with E-state index in [1.54, 1.807) is 24.3 Å². The molecular weight excluding hydrogens is 560 g/mol. The molecule has 0 aromatic heterocycles. The van der Waals surface area contributed by atoms with Gasteiger partial charge in [-0.3, -0.25) is 9.59 Å². The molecule has 3 rings (SSSR count). The van der Waals surface area contributed by atoms with E-state index < -0.39 is 11.1 Å². The summed E-state index contributed by atoms with van der Waals surface area (Å²) in [6.07, 6.45) is 17.1. The molecule has 44 heavy (non-hydrogen) atoms. The van der Waals surface area contributed by atoms with Crippen molar-refractivity contribution >= 4 is 11.9 Å². The zero-order valence-electron chi connectivity index (χ0n) is 26.8. The van der Waals surface area contributed by atoms with Crippen LogP contribution in [0, 0.1) is 23.0 Å². The Morgan fingerprint density at radius 2 is 1.68 bits per heavy atom. The van der Waals surface area contributed by atoms with Gasteiger partial charge in [0.25, 0.3) is 5.09 Å². The number of carbonyl (C=O) groups is 2. The quantitative estimate of drug-likeness (QED) is 0.0676. The minimum absolute atomic E-state index is 0.0619. The molecule has 0 radical (unpaired) electrons. The number of hydrogen-bond acceptors (Lipinski definition) is 7. The molecule has 1 N–H and O–H groups in total. The first-order chi connectivity index (χ1) is 21.4. The predicted octanol–water partition coefficient (Wildman–Crippen LogP) is 7.84. The van der Waals surface area contributed by atoms with Crippen LogP contribution < -0.4 is 10.1 Å². The molecule has 2 aromatic rings. The van der Waals surface area contributed by atoms with Crippen LogP contribution in [0.15, 0.2) is 72.8 Å². The van der Waals surface area contributed by atoms with Crippen molar-refractivity contribution in [2.45, 2.75) is 92.3 Å². The Balaban J connectivity index is 0.000000441. The third kappa shape index (κ3) is 19.1. The fourth-order valence-electron chi connectivity index (χ4n) is 4.27. The summed E-state index contributed by atoms with van der Waals surface area (Å²) >= 11 is 0. The fourth-order valence-corrected chi connectivity index (χ4v) is 4.27. The van der Waals surface area contributed by atoms with E-state index in [-0.39, 0.29) is 25.7 Å². The SMILES string of the molecule is C/C=C\CCCC(=O)NCC(=O)OCc1ccc(CO[N+](=O)[O-])cc1.CC.Cc1cccc(OCC/C=C/C2CCCC2)c1. The van der Waals surface area contributed by atoms with Gasteiger partial charge in [0.05, 0.1) is 6.61 Å². The van der Waals surface area contributed by atoms with Crippen molar-refractivity contribution in [3.05, 3.63) is 99.6 Å². The van der Waals surface area contributed by atoms with Crippen LogP contribution in [0.5, 0.6) is 5.75 Å². The maximum absolute atomic E-state index is 11.6. The number of ether oxygens (including phenoxy) is 2. The van der Waals surface area contributed by atoms with Crippen LogP contribution in [0.3, 0.4) is 0 Å². The minimum atomic E-state index is -0.857. The standard InChI is InChI=1S/C17H22N2O6.C16H22O.C2H6/c1-2-3-4-5-6-16(20)18-11-17(21)24-12-14-7-9-15(10-8-14)13-25-19(22)23;1-14-7-6-11-16(13-14)17-12-5-4-10-15-8-2-3-9-15;1-2/h2-3,7-10H,4-6,11-13H2,1H3,(H,18,20);4,6-7,10-11,13,15H,2-3,5,8-9,12H2,1H3;1-2H3/b3-2-;10-4+;. The molecule has 9 heteroatoms. The van der Waals surface area contributed by atoms with E-state index in [1.165, 1.54) is 31.2 Å². The smallest absolute Gasteiger partial charge is 0.325 e. The third-order valence-electron chi connectivity index (χ3n) is 6.55. The van der Waals surface area contributed by atoms with E-state index >= 15 is 0 Å². The van der Waals surface area contributed by atoms with Crippen molar-refractivity contribution in [3.8, 4) is 5.75 Å². The monoisotopic (exact) mass is 610 g/mol. The van der Waals surface area contributed by atoms with Crippen LogP contribution in [0.1, 0.15) is 88.8 Å². The van der Waals surface area contributed by atoms with Crippen LogP contribution in [-0.4, -0.2) is 30.1 Å². The molecule has 1 amide bonds. The van der Waals surface area contributed by atoms with Gasteiger partial charge < -0.3 is 19.6 Å². The molecule has 0 atom stereocenters. The molecule has 0 heterocycles. The maximum Gasteiger partial charge on any atom is 0.325 e. The highest BCUT2D eigenvalue weighted by molar-refractivity contribution is 5.81. The number of carbonyl (C=O) groups excluding carboxylic acids is 2. The lowest BCUT2D eigenvalue weighted by Gasteiger charge is -2.07. The molecule has 0 saturated heterocycles. The third-order valence-corrected chi connectivity index (χ3v) is 6.55. The number of aryl methyl sites for hydroxylation is 1. The van der Waals surface area contributed by atoms with Crippen LogP contribution >= 0.6 is 0 Å². The molecule has 2 aromatic carbocycles. The fraction of sp³-hybridized carbons (Fsp3) is 0.486. The number of rotatable bonds is 16. The van der Waals surface area contributed by atoms with Gasteiger partial charge in [-0.1, -0.05) is 87.4 Å². The predicted molar refractivity (Wildman–Crippen MR) is 173 cm³/mol. The van der Waals surface area contributed by atoms with Gasteiger partial charge >= 0.3 is 5.97 Å². The van der Waals surface area contributed by atoms with E-state index in [0.29, 0.717) is 12.0 Å². The summed E-state index contributed by atoms with van der Waals surface area (Å²) in [5.74, 6) is 1.12. The highest BCUT2D eigenvalue weighted by Gasteiger charge is 2.10. The van der Waals surface area contributed by atoms with Crippen molar-refractivity contribution in [2.24, 2.45) is 5.92 Å². The van der Waals surface area contributed by atoms with Crippen LogP contribution in [0.4, 0.5) is 0 Å². The first-order valence-corrected chi connectivity index (χ1v) is 15.6. The van der Waals surface area contributed by atoms with Gasteiger partial charge in [-0.25, -0.2) is 0 Å². The number of nitrogens with zero attached hydrogens (tertiary/aromatic N) is 1. The lowest BCUT2D eigenvalue weighted by Crippen LogP contribution is -2.30. The maximum atomic E-state index is 11.6. The van der Waals surface area contributed by atoms with E-state index in [4.69, 9.17) is 9.47 Å². The molecule has 1 aliphatic carbocycles. The van der Waals surface area contributed by atoms with Crippen molar-refractivity contribution in [2.75, 3.05) is 13.2 Å². The summed E-state index contributed by atoms with van der Waals surface area (Å²) in [6, 6.07) is 14.9. The van der Waals surface area contributed by atoms with Gasteiger partial charge in [-0.15, -0.1) is 10.1 Å². The van der Waals surface area contributed by atoms with Crippen molar-refractivity contribution in [1.29, 1.82) is 0 Å². The summed E-state index contributed by atoms with van der Waals surface area (Å²) < 4.78 is 10.8. The van der Waals surface area contributed by atoms with Gasteiger partial charge in [0.1, 0.15) is 25.5 Å². The van der Waals surface area contributed by atoms with Crippen LogP contribution in [-0.2, 0) is 32.4 Å². The topological polar surface area (TPSA) is 117 Å². The highest BCUT2D eigenvalue weighted by atomic mass is 16.9. The molecule has 242 valence electrons. The molecule has 0 unspecified atom stereocenters. The van der Waals surface area contributed by atoms with Crippen LogP contribution in [0.2, 0.25) is 0 Å². The van der Waals surface area contributed by atoms with E-state index in [1.807, 2.05) is 45.1 Å². The summed E-state index contributed by atoms with van der Waals surface area (Å²) in [4.78, 5) is 37.5. The number of nitrogens with one attached hydrogen (secondary N) is 1. The summed E-state index contributed by atoms with van der Waals surface area (Å²) in [5.41, 5.74) is 2.62. The number of unbranched alkanes of at least 4 members (excludes halogenated alkanes) is 1. The second kappa shape index (κ2) is 24.3. The number of amides is 1. The second-order valence-corrected chi connectivity index (χ2v) is 10.1. The van der Waals surface area contributed by atoms with Crippen LogP contribution in [0.25, 0.3) is 0 Å². The minimum Gasteiger partial charge on any atom is -0.493 e. The molecular formula is C35H50N2O7. The Morgan fingerprint density at radius 3 is 2.32 bits per heavy atom. The molecule has 1 fully saturated rings. The second-order valence-electron chi connectivity index (χ2n) is 10.1. The summed E-state index contributed by atoms with van der Waals surface area (Å²) in [7, 11) is 0. The van der Waals surface area contributed by atoms with E-state index in [0.717, 1.165) is 43.1 Å². The Morgan fingerprint density at radius 1 is 1.00 bits per heavy atom. The van der Waals surface area contributed by atoms with Gasteiger partial charge in [0.2, 0.25) is 5.91 Å². The largest absolute Gasteiger partial charge is 0.493 e. The normalized spacial score (nSPS) is 12.5. The Kier molecular flexibility index (Phi) is 20.9. The molecule has 1 aliphatic rings. The first kappa shape index (κ1) is 37.9. The van der Waals surface area contributed by atoms with Gasteiger partial charge in [0.15, 0.2) is 0 Å². The summed E-state index contributed by atoms with van der Waals surface area (Å²) in [6.45, 7) is 8.56. The first-order valence-electron chi connectivity index (χ1n) is 15.6. The average Bonchev–Trinajstić information content (AvgIpc) is 3.55. The van der Waals surface area contributed by atoms with Gasteiger partial charge in [0, 0.05) is 6.42 Å². The van der Waals surface area contributed by atoms with Gasteiger partial charge in [-0.2, -0.15) is 0 Å². The zero-order valence-corrected chi connectivity index (χ0v) is 26.8. The van der Waals surface area contributed by atoms with E-state index in [9.17, 15) is 19.7 Å².